The summed E-state index contributed by atoms with van der Waals surface area (Å²) in [6.45, 7) is 8.29. The van der Waals surface area contributed by atoms with E-state index in [0.29, 0.717) is 44.2 Å². The van der Waals surface area contributed by atoms with Crippen LogP contribution in [0.3, 0.4) is 0 Å². The van der Waals surface area contributed by atoms with Crippen molar-refractivity contribution in [2.75, 3.05) is 38.1 Å². The number of Topliss-reactive ketones (excluding diaryl/α,β-unsaturated/α-hetero) is 1. The molecule has 0 saturated carbocycles. The van der Waals surface area contributed by atoms with Crippen molar-refractivity contribution in [2.24, 2.45) is 0 Å². The number of anilines is 1. The van der Waals surface area contributed by atoms with Gasteiger partial charge < -0.3 is 19.9 Å². The largest absolute Gasteiger partial charge is 0.450 e. The lowest BCUT2D eigenvalue weighted by Gasteiger charge is -2.35. The minimum Gasteiger partial charge on any atom is -0.450 e. The average molecular weight is 379 g/mol. The number of hydrogen-bond donors (Lipinski definition) is 1. The standard InChI is InChI=1S/C17H25N5O5/c1-5-27-17(26)21-8-6-20(7-9-21)16(25)12(3)22-10-14(11(2)19-22)18-15(24)13(4)23/h10,12H,5-9H2,1-4H3,(H,18,24). The zero-order valence-corrected chi connectivity index (χ0v) is 16.0. The molecule has 1 aromatic rings. The minimum atomic E-state index is -0.730. The summed E-state index contributed by atoms with van der Waals surface area (Å²) in [6.07, 6.45) is 1.17. The Morgan fingerprint density at radius 3 is 2.33 bits per heavy atom. The van der Waals surface area contributed by atoms with E-state index in [1.807, 2.05) is 0 Å². The van der Waals surface area contributed by atoms with E-state index < -0.39 is 17.7 Å². The lowest BCUT2D eigenvalue weighted by Crippen LogP contribution is -2.52. The minimum absolute atomic E-state index is 0.134. The first-order valence-corrected chi connectivity index (χ1v) is 8.82. The normalized spacial score (nSPS) is 15.3. The van der Waals surface area contributed by atoms with Gasteiger partial charge in [-0.25, -0.2) is 4.79 Å². The zero-order chi connectivity index (χ0) is 20.1. The predicted molar refractivity (Wildman–Crippen MR) is 96.2 cm³/mol. The number of aryl methyl sites for hydroxylation is 1. The summed E-state index contributed by atoms with van der Waals surface area (Å²) in [5.41, 5.74) is 0.901. The van der Waals surface area contributed by atoms with Gasteiger partial charge in [-0.05, 0) is 20.8 Å². The van der Waals surface area contributed by atoms with Crippen LogP contribution >= 0.6 is 0 Å². The van der Waals surface area contributed by atoms with Crippen LogP contribution in [0.5, 0.6) is 0 Å². The van der Waals surface area contributed by atoms with Crippen molar-refractivity contribution in [3.8, 4) is 0 Å². The second kappa shape index (κ2) is 8.65. The molecule has 0 bridgehead atoms. The maximum atomic E-state index is 12.7. The molecular formula is C17H25N5O5. The highest BCUT2D eigenvalue weighted by molar-refractivity contribution is 6.39. The molecule has 148 valence electrons. The molecule has 1 N–H and O–H groups in total. The van der Waals surface area contributed by atoms with Gasteiger partial charge in [0.1, 0.15) is 6.04 Å². The Balaban J connectivity index is 1.99. The van der Waals surface area contributed by atoms with E-state index in [4.69, 9.17) is 4.74 Å². The highest BCUT2D eigenvalue weighted by Gasteiger charge is 2.29. The summed E-state index contributed by atoms with van der Waals surface area (Å²) in [5, 5.41) is 6.74. The molecule has 10 heteroatoms. The first-order chi connectivity index (χ1) is 12.7. The quantitative estimate of drug-likeness (QED) is 0.749. The maximum Gasteiger partial charge on any atom is 0.409 e. The fourth-order valence-corrected chi connectivity index (χ4v) is 2.71. The van der Waals surface area contributed by atoms with Gasteiger partial charge in [-0.3, -0.25) is 19.1 Å². The molecule has 2 heterocycles. The van der Waals surface area contributed by atoms with Crippen LogP contribution < -0.4 is 5.32 Å². The van der Waals surface area contributed by atoms with Gasteiger partial charge in [0.05, 0.1) is 18.0 Å². The van der Waals surface area contributed by atoms with Crippen molar-refractivity contribution >= 4 is 29.4 Å². The summed E-state index contributed by atoms with van der Waals surface area (Å²) in [7, 11) is 0. The van der Waals surface area contributed by atoms with Gasteiger partial charge in [0.2, 0.25) is 11.7 Å². The summed E-state index contributed by atoms with van der Waals surface area (Å²) in [4.78, 5) is 50.4. The molecule has 1 unspecified atom stereocenters. The summed E-state index contributed by atoms with van der Waals surface area (Å²) >= 11 is 0. The number of hydrogen-bond acceptors (Lipinski definition) is 6. The fraction of sp³-hybridized carbons (Fsp3) is 0.588. The monoisotopic (exact) mass is 379 g/mol. The molecule has 1 fully saturated rings. The third kappa shape index (κ3) is 4.83. The summed E-state index contributed by atoms with van der Waals surface area (Å²) < 4.78 is 6.43. The second-order valence-electron chi connectivity index (χ2n) is 6.31. The zero-order valence-electron chi connectivity index (χ0n) is 16.0. The average Bonchev–Trinajstić information content (AvgIpc) is 3.01. The van der Waals surface area contributed by atoms with Crippen LogP contribution in [-0.4, -0.2) is 76.1 Å². The molecule has 1 aliphatic rings. The Kier molecular flexibility index (Phi) is 6.54. The van der Waals surface area contributed by atoms with Crippen molar-refractivity contribution < 1.29 is 23.9 Å². The van der Waals surface area contributed by atoms with Crippen LogP contribution in [0.15, 0.2) is 6.20 Å². The van der Waals surface area contributed by atoms with Crippen molar-refractivity contribution in [1.82, 2.24) is 19.6 Å². The summed E-state index contributed by atoms with van der Waals surface area (Å²) in [6, 6.07) is -0.583. The van der Waals surface area contributed by atoms with E-state index in [1.165, 1.54) is 17.8 Å². The maximum absolute atomic E-state index is 12.7. The molecule has 0 aliphatic carbocycles. The molecule has 27 heavy (non-hydrogen) atoms. The van der Waals surface area contributed by atoms with Gasteiger partial charge in [0.15, 0.2) is 0 Å². The number of ether oxygens (including phenoxy) is 1. The van der Waals surface area contributed by atoms with Crippen molar-refractivity contribution in [2.45, 2.75) is 33.7 Å². The number of piperazine rings is 1. The summed E-state index contributed by atoms with van der Waals surface area (Å²) in [5.74, 6) is -1.47. The van der Waals surface area contributed by atoms with Gasteiger partial charge in [0.25, 0.3) is 5.91 Å². The van der Waals surface area contributed by atoms with Crippen LogP contribution in [0.1, 0.15) is 32.5 Å². The molecule has 0 spiro atoms. The number of nitrogens with zero attached hydrogens (tertiary/aromatic N) is 4. The number of carbonyl (C=O) groups excluding carboxylic acids is 4. The van der Waals surface area contributed by atoms with Gasteiger partial charge in [-0.1, -0.05) is 0 Å². The number of carbonyl (C=O) groups is 4. The molecular weight excluding hydrogens is 354 g/mol. The van der Waals surface area contributed by atoms with Gasteiger partial charge in [0, 0.05) is 39.3 Å². The Morgan fingerprint density at radius 1 is 1.19 bits per heavy atom. The molecule has 1 saturated heterocycles. The second-order valence-corrected chi connectivity index (χ2v) is 6.31. The third-order valence-corrected chi connectivity index (χ3v) is 4.36. The van der Waals surface area contributed by atoms with Crippen LogP contribution in [-0.2, 0) is 19.1 Å². The fourth-order valence-electron chi connectivity index (χ4n) is 2.71. The Labute approximate surface area is 157 Å². The van der Waals surface area contributed by atoms with E-state index in [9.17, 15) is 19.2 Å². The van der Waals surface area contributed by atoms with Gasteiger partial charge >= 0.3 is 6.09 Å². The van der Waals surface area contributed by atoms with Crippen LogP contribution in [0.2, 0.25) is 0 Å². The molecule has 1 atom stereocenters. The number of aromatic nitrogens is 2. The van der Waals surface area contributed by atoms with Crippen molar-refractivity contribution in [1.29, 1.82) is 0 Å². The van der Waals surface area contributed by atoms with Crippen molar-refractivity contribution in [3.63, 3.8) is 0 Å². The SMILES string of the molecule is CCOC(=O)N1CCN(C(=O)C(C)n2cc(NC(=O)C(C)=O)c(C)n2)CC1. The first kappa shape index (κ1) is 20.4. The lowest BCUT2D eigenvalue weighted by atomic mass is 10.2. The Bertz CT molecular complexity index is 736. The van der Waals surface area contributed by atoms with Gasteiger partial charge in [-0.15, -0.1) is 0 Å². The van der Waals surface area contributed by atoms with E-state index in [2.05, 4.69) is 10.4 Å². The predicted octanol–water partition coefficient (Wildman–Crippen LogP) is 0.581. The molecule has 2 rings (SSSR count). The van der Waals surface area contributed by atoms with E-state index in [0.717, 1.165) is 0 Å². The number of ketones is 1. The van der Waals surface area contributed by atoms with Crippen LogP contribution in [0, 0.1) is 6.92 Å². The number of rotatable bonds is 5. The lowest BCUT2D eigenvalue weighted by molar-refractivity contribution is -0.136. The molecule has 1 aromatic heterocycles. The van der Waals surface area contributed by atoms with Crippen LogP contribution in [0.4, 0.5) is 10.5 Å². The van der Waals surface area contributed by atoms with Gasteiger partial charge in [-0.2, -0.15) is 5.10 Å². The topological polar surface area (TPSA) is 114 Å². The first-order valence-electron chi connectivity index (χ1n) is 8.82. The Morgan fingerprint density at radius 2 is 1.78 bits per heavy atom. The molecule has 3 amide bonds. The van der Waals surface area contributed by atoms with E-state index >= 15 is 0 Å². The molecule has 10 nitrogen and oxygen atoms in total. The Hall–Kier alpha value is -2.91. The highest BCUT2D eigenvalue weighted by atomic mass is 16.6. The molecule has 1 aliphatic heterocycles. The van der Waals surface area contributed by atoms with E-state index in [1.54, 1.807) is 30.6 Å². The number of nitrogens with one attached hydrogen (secondary N) is 1. The van der Waals surface area contributed by atoms with E-state index in [-0.39, 0.29) is 12.0 Å². The third-order valence-electron chi connectivity index (χ3n) is 4.36. The van der Waals surface area contributed by atoms with Crippen molar-refractivity contribution in [3.05, 3.63) is 11.9 Å². The highest BCUT2D eigenvalue weighted by Crippen LogP contribution is 2.18. The molecule has 0 radical (unpaired) electrons. The number of amides is 3. The van der Waals surface area contributed by atoms with Crippen LogP contribution in [0.25, 0.3) is 0 Å². The smallest absolute Gasteiger partial charge is 0.409 e. The molecule has 0 aromatic carbocycles.